The predicted molar refractivity (Wildman–Crippen MR) is 109 cm³/mol. The van der Waals surface area contributed by atoms with E-state index in [1.807, 2.05) is 30.3 Å². The number of rotatable bonds is 6. The molecule has 2 aliphatic rings. The van der Waals surface area contributed by atoms with Crippen LogP contribution in [0.3, 0.4) is 0 Å². The lowest BCUT2D eigenvalue weighted by atomic mass is 9.74. The number of hydrogen-bond acceptors (Lipinski definition) is 10. The van der Waals surface area contributed by atoms with Crippen molar-refractivity contribution in [3.8, 4) is 0 Å². The van der Waals surface area contributed by atoms with E-state index >= 15 is 0 Å². The Balaban J connectivity index is 1.47. The monoisotopic (exact) mass is 447 g/mol. The molecule has 4 rings (SSSR count). The van der Waals surface area contributed by atoms with Gasteiger partial charge in [0, 0.05) is 19.4 Å². The molecule has 2 saturated heterocycles. The van der Waals surface area contributed by atoms with Crippen LogP contribution in [0.5, 0.6) is 0 Å². The van der Waals surface area contributed by atoms with Gasteiger partial charge in [-0.05, 0) is 24.5 Å². The SMILES string of the molecule is O=C(OC[C@H]1O[C@@H](n2ccc(NO)nc2=O)[C@H](O)[C@@H]1O)C1(c2ccccc2)CCOCC1. The van der Waals surface area contributed by atoms with Gasteiger partial charge in [-0.25, -0.2) is 4.79 Å². The minimum absolute atomic E-state index is 0.0764. The van der Waals surface area contributed by atoms with Crippen LogP contribution in [0.25, 0.3) is 0 Å². The standard InChI is InChI=1S/C21H25N3O8/c25-16-14(32-18(17(16)26)24-9-6-15(23-29)22-20(24)28)12-31-19(27)21(7-10-30-11-8-21)13-4-2-1-3-5-13/h1-6,9,14,16-18,25-26,29H,7-8,10-12H2,(H,22,23,28)/t14-,16-,17-,18-/m1/s1. The maximum absolute atomic E-state index is 13.2. The quantitative estimate of drug-likeness (QED) is 0.350. The molecular weight excluding hydrogens is 422 g/mol. The van der Waals surface area contributed by atoms with Crippen LogP contribution in [0.1, 0.15) is 24.6 Å². The molecule has 0 spiro atoms. The van der Waals surface area contributed by atoms with E-state index in [0.29, 0.717) is 26.1 Å². The molecule has 11 nitrogen and oxygen atoms in total. The minimum atomic E-state index is -1.45. The van der Waals surface area contributed by atoms with E-state index in [2.05, 4.69) is 4.98 Å². The van der Waals surface area contributed by atoms with Gasteiger partial charge in [0.05, 0.1) is 5.41 Å². The van der Waals surface area contributed by atoms with Gasteiger partial charge in [-0.3, -0.25) is 20.0 Å². The minimum Gasteiger partial charge on any atom is -0.462 e. The van der Waals surface area contributed by atoms with E-state index in [-0.39, 0.29) is 12.4 Å². The zero-order chi connectivity index (χ0) is 22.7. The van der Waals surface area contributed by atoms with Crippen molar-refractivity contribution in [2.45, 2.75) is 42.8 Å². The van der Waals surface area contributed by atoms with Crippen LogP contribution in [0.4, 0.5) is 5.82 Å². The highest BCUT2D eigenvalue weighted by Gasteiger charge is 2.47. The van der Waals surface area contributed by atoms with Gasteiger partial charge in [0.25, 0.3) is 0 Å². The third kappa shape index (κ3) is 4.12. The first-order valence-corrected chi connectivity index (χ1v) is 10.3. The summed E-state index contributed by atoms with van der Waals surface area (Å²) in [6, 6.07) is 10.6. The molecule has 3 heterocycles. The van der Waals surface area contributed by atoms with Crippen molar-refractivity contribution in [3.05, 3.63) is 58.6 Å². The summed E-state index contributed by atoms with van der Waals surface area (Å²) < 4.78 is 17.6. The molecular formula is C21H25N3O8. The predicted octanol–water partition coefficient (Wildman–Crippen LogP) is -0.0448. The van der Waals surface area contributed by atoms with Crippen LogP contribution < -0.4 is 11.2 Å². The highest BCUT2D eigenvalue weighted by molar-refractivity contribution is 5.83. The summed E-state index contributed by atoms with van der Waals surface area (Å²) in [6.07, 6.45) is -2.94. The average molecular weight is 447 g/mol. The van der Waals surface area contributed by atoms with Crippen molar-refractivity contribution < 1.29 is 34.4 Å². The summed E-state index contributed by atoms with van der Waals surface area (Å²) in [4.78, 5) is 28.9. The third-order valence-corrected chi connectivity index (χ3v) is 6.00. The summed E-state index contributed by atoms with van der Waals surface area (Å²) in [6.45, 7) is 0.533. The number of nitrogens with one attached hydrogen (secondary N) is 1. The van der Waals surface area contributed by atoms with E-state index in [1.165, 1.54) is 12.3 Å². The Hall–Kier alpha value is -2.83. The average Bonchev–Trinajstić information content (AvgIpc) is 3.11. The maximum atomic E-state index is 13.2. The van der Waals surface area contributed by atoms with Gasteiger partial charge in [-0.2, -0.15) is 4.98 Å². The second kappa shape index (κ2) is 9.35. The van der Waals surface area contributed by atoms with Crippen molar-refractivity contribution in [2.24, 2.45) is 0 Å². The van der Waals surface area contributed by atoms with Crippen LogP contribution >= 0.6 is 0 Å². The van der Waals surface area contributed by atoms with Crippen molar-refractivity contribution in [1.82, 2.24) is 9.55 Å². The zero-order valence-corrected chi connectivity index (χ0v) is 17.2. The van der Waals surface area contributed by atoms with Crippen LogP contribution in [-0.4, -0.2) is 69.1 Å². The fraction of sp³-hybridized carbons (Fsp3) is 0.476. The normalized spacial score (nSPS) is 27.1. The number of anilines is 1. The van der Waals surface area contributed by atoms with Crippen molar-refractivity contribution in [2.75, 3.05) is 25.3 Å². The maximum Gasteiger partial charge on any atom is 0.351 e. The number of carbonyl (C=O) groups excluding carboxylic acids is 1. The second-order valence-electron chi connectivity index (χ2n) is 7.82. The molecule has 1 aromatic carbocycles. The highest BCUT2D eigenvalue weighted by atomic mass is 16.6. The Morgan fingerprint density at radius 1 is 1.19 bits per heavy atom. The fourth-order valence-electron chi connectivity index (χ4n) is 4.15. The lowest BCUT2D eigenvalue weighted by Gasteiger charge is -2.35. The number of nitrogens with zero attached hydrogens (tertiary/aromatic N) is 2. The van der Waals surface area contributed by atoms with Gasteiger partial charge in [-0.15, -0.1) is 0 Å². The van der Waals surface area contributed by atoms with Crippen LogP contribution in [-0.2, 0) is 24.4 Å². The number of ether oxygens (including phenoxy) is 3. The number of aromatic nitrogens is 2. The summed E-state index contributed by atoms with van der Waals surface area (Å²) in [5.74, 6) is -0.537. The summed E-state index contributed by atoms with van der Waals surface area (Å²) in [5.41, 5.74) is 0.911. The first-order valence-electron chi connectivity index (χ1n) is 10.3. The van der Waals surface area contributed by atoms with E-state index in [1.54, 1.807) is 5.48 Å². The number of benzene rings is 1. The Morgan fingerprint density at radius 3 is 2.56 bits per heavy atom. The molecule has 2 fully saturated rings. The summed E-state index contributed by atoms with van der Waals surface area (Å²) in [7, 11) is 0. The number of aliphatic hydroxyl groups excluding tert-OH is 2. The molecule has 0 radical (unpaired) electrons. The molecule has 0 aliphatic carbocycles. The van der Waals surface area contributed by atoms with Crippen molar-refractivity contribution in [3.63, 3.8) is 0 Å². The van der Waals surface area contributed by atoms with E-state index < -0.39 is 41.6 Å². The molecule has 4 atom stereocenters. The smallest absolute Gasteiger partial charge is 0.351 e. The van der Waals surface area contributed by atoms with E-state index in [4.69, 9.17) is 19.4 Å². The van der Waals surface area contributed by atoms with Crippen LogP contribution in [0.2, 0.25) is 0 Å². The molecule has 2 aromatic rings. The van der Waals surface area contributed by atoms with Gasteiger partial charge in [0.15, 0.2) is 12.0 Å². The first-order chi connectivity index (χ1) is 15.5. The number of esters is 1. The van der Waals surface area contributed by atoms with Crippen LogP contribution in [0.15, 0.2) is 47.4 Å². The third-order valence-electron chi connectivity index (χ3n) is 6.00. The number of aliphatic hydroxyl groups is 2. The van der Waals surface area contributed by atoms with Gasteiger partial charge in [0.1, 0.15) is 24.9 Å². The number of hydrogen-bond donors (Lipinski definition) is 4. The Morgan fingerprint density at radius 2 is 1.91 bits per heavy atom. The molecule has 11 heteroatoms. The Kier molecular flexibility index (Phi) is 6.53. The first kappa shape index (κ1) is 22.4. The molecule has 1 aromatic heterocycles. The lowest BCUT2D eigenvalue weighted by molar-refractivity contribution is -0.161. The Labute approximate surface area is 183 Å². The molecule has 4 N–H and O–H groups in total. The molecule has 172 valence electrons. The largest absolute Gasteiger partial charge is 0.462 e. The molecule has 32 heavy (non-hydrogen) atoms. The molecule has 0 saturated carbocycles. The van der Waals surface area contributed by atoms with Crippen molar-refractivity contribution >= 4 is 11.8 Å². The summed E-state index contributed by atoms with van der Waals surface area (Å²) in [5, 5.41) is 29.7. The van der Waals surface area contributed by atoms with E-state index in [9.17, 15) is 19.8 Å². The van der Waals surface area contributed by atoms with Gasteiger partial charge >= 0.3 is 11.7 Å². The highest BCUT2D eigenvalue weighted by Crippen LogP contribution is 2.37. The lowest BCUT2D eigenvalue weighted by Crippen LogP contribution is -2.44. The van der Waals surface area contributed by atoms with Gasteiger partial charge in [0.2, 0.25) is 0 Å². The molecule has 0 amide bonds. The summed E-state index contributed by atoms with van der Waals surface area (Å²) >= 11 is 0. The molecule has 0 unspecified atom stereocenters. The molecule has 2 aliphatic heterocycles. The molecule has 0 bridgehead atoms. The fourth-order valence-corrected chi connectivity index (χ4v) is 4.15. The van der Waals surface area contributed by atoms with Gasteiger partial charge < -0.3 is 24.4 Å². The van der Waals surface area contributed by atoms with E-state index in [0.717, 1.165) is 10.1 Å². The van der Waals surface area contributed by atoms with Crippen molar-refractivity contribution in [1.29, 1.82) is 0 Å². The van der Waals surface area contributed by atoms with Gasteiger partial charge in [-0.1, -0.05) is 30.3 Å². The number of carbonyl (C=O) groups is 1. The Bertz CT molecular complexity index is 992. The topological polar surface area (TPSA) is 152 Å². The van der Waals surface area contributed by atoms with Crippen LogP contribution in [0, 0.1) is 0 Å². The zero-order valence-electron chi connectivity index (χ0n) is 17.2. The second-order valence-corrected chi connectivity index (χ2v) is 7.82.